The Labute approximate surface area is 177 Å². The average Bonchev–Trinajstić information content (AvgIpc) is 2.75. The van der Waals surface area contributed by atoms with E-state index in [0.717, 1.165) is 32.5 Å². The molecule has 2 nitrogen and oxygen atoms in total. The van der Waals surface area contributed by atoms with Gasteiger partial charge in [-0.1, -0.05) is 87.5 Å². The van der Waals surface area contributed by atoms with Gasteiger partial charge in [0.25, 0.3) is 8.32 Å². The highest BCUT2D eigenvalue weighted by Crippen LogP contribution is 2.39. The first-order chi connectivity index (χ1) is 14.0. The molecule has 4 rings (SSSR count). The molecule has 1 aliphatic carbocycles. The van der Waals surface area contributed by atoms with E-state index in [0.29, 0.717) is 5.92 Å². The van der Waals surface area contributed by atoms with Crippen LogP contribution in [-0.2, 0) is 9.16 Å². The summed E-state index contributed by atoms with van der Waals surface area (Å²) in [5, 5.41) is 2.74. The van der Waals surface area contributed by atoms with Crippen LogP contribution < -0.4 is 10.4 Å². The van der Waals surface area contributed by atoms with Crippen molar-refractivity contribution < 1.29 is 9.16 Å². The number of fused-ring (bicyclic) bond motifs is 1. The first kappa shape index (κ1) is 20.6. The molecule has 0 bridgehead atoms. The summed E-state index contributed by atoms with van der Waals surface area (Å²) in [4.78, 5) is 0. The summed E-state index contributed by atoms with van der Waals surface area (Å²) in [7, 11) is -2.46. The van der Waals surface area contributed by atoms with Gasteiger partial charge in [0.2, 0.25) is 0 Å². The summed E-state index contributed by atoms with van der Waals surface area (Å²) in [5.74, 6) is 0.456. The Balaban J connectivity index is 1.70. The van der Waals surface area contributed by atoms with Gasteiger partial charge >= 0.3 is 0 Å². The summed E-state index contributed by atoms with van der Waals surface area (Å²) >= 11 is 0. The van der Waals surface area contributed by atoms with Crippen molar-refractivity contribution in [1.82, 2.24) is 0 Å². The summed E-state index contributed by atoms with van der Waals surface area (Å²) < 4.78 is 13.4. The molecule has 2 aromatic rings. The zero-order chi connectivity index (χ0) is 20.3. The van der Waals surface area contributed by atoms with E-state index in [9.17, 15) is 0 Å². The molecule has 0 N–H and O–H groups in total. The third kappa shape index (κ3) is 4.01. The molecule has 3 heteroatoms. The molecule has 2 aromatic carbocycles. The van der Waals surface area contributed by atoms with E-state index in [1.54, 1.807) is 0 Å². The van der Waals surface area contributed by atoms with E-state index < -0.39 is 8.32 Å². The van der Waals surface area contributed by atoms with Crippen LogP contribution in [0.4, 0.5) is 0 Å². The van der Waals surface area contributed by atoms with Crippen LogP contribution in [-0.4, -0.2) is 27.6 Å². The molecule has 2 atom stereocenters. The highest BCUT2D eigenvalue weighted by atomic mass is 28.4. The van der Waals surface area contributed by atoms with E-state index in [2.05, 4.69) is 87.5 Å². The minimum Gasteiger partial charge on any atom is -0.407 e. The largest absolute Gasteiger partial charge is 0.407 e. The highest BCUT2D eigenvalue weighted by molar-refractivity contribution is 6.99. The van der Waals surface area contributed by atoms with Crippen LogP contribution in [0, 0.1) is 5.92 Å². The van der Waals surface area contributed by atoms with E-state index in [1.165, 1.54) is 22.4 Å². The Kier molecular flexibility index (Phi) is 6.10. The molecule has 1 heterocycles. The Morgan fingerprint density at radius 2 is 1.59 bits per heavy atom. The second kappa shape index (κ2) is 8.59. The molecule has 0 saturated carbocycles. The lowest BCUT2D eigenvalue weighted by atomic mass is 9.83. The Hall–Kier alpha value is -1.68. The molecular weight excluding hydrogens is 372 g/mol. The number of hydrogen-bond acceptors (Lipinski definition) is 2. The maximum atomic E-state index is 7.19. The number of benzene rings is 2. The molecule has 0 spiro atoms. The standard InChI is InChI=1S/C26H34O2Si/c1-26(2,3)29(23-15-6-4-7-16-23,24-17-8-5-9-18-24)28-20-22-13-10-12-21-14-11-19-27-25(21)22/h4-9,12,15-18,22,25H,10-11,13-14,19-20H2,1-3H3. The minimum absolute atomic E-state index is 0.0243. The second-order valence-corrected chi connectivity index (χ2v) is 13.8. The van der Waals surface area contributed by atoms with Gasteiger partial charge in [0, 0.05) is 19.1 Å². The fourth-order valence-electron chi connectivity index (χ4n) is 5.19. The maximum Gasteiger partial charge on any atom is 0.261 e. The monoisotopic (exact) mass is 406 g/mol. The van der Waals surface area contributed by atoms with Crippen molar-refractivity contribution in [2.24, 2.45) is 5.92 Å². The molecule has 2 unspecified atom stereocenters. The number of ether oxygens (including phenoxy) is 1. The minimum atomic E-state index is -2.46. The summed E-state index contributed by atoms with van der Waals surface area (Å²) in [6.07, 6.45) is 7.35. The van der Waals surface area contributed by atoms with E-state index >= 15 is 0 Å². The Bertz CT molecular complexity index is 783. The Morgan fingerprint density at radius 3 is 2.17 bits per heavy atom. The molecule has 1 saturated heterocycles. The van der Waals surface area contributed by atoms with Crippen molar-refractivity contribution >= 4 is 18.7 Å². The van der Waals surface area contributed by atoms with Crippen molar-refractivity contribution in [3.05, 3.63) is 72.3 Å². The summed E-state index contributed by atoms with van der Waals surface area (Å²) in [6, 6.07) is 21.9. The van der Waals surface area contributed by atoms with Crippen LogP contribution in [0.5, 0.6) is 0 Å². The predicted octanol–water partition coefficient (Wildman–Crippen LogP) is 5.08. The molecular formula is C26H34O2Si. The quantitative estimate of drug-likeness (QED) is 0.509. The SMILES string of the molecule is CC(C)(C)[Si](OCC1CCC=C2CCCOC21)(c1ccccc1)c1ccccc1. The van der Waals surface area contributed by atoms with Gasteiger partial charge in [-0.3, -0.25) is 0 Å². The first-order valence-corrected chi connectivity index (χ1v) is 13.0. The molecule has 154 valence electrons. The molecule has 29 heavy (non-hydrogen) atoms. The molecule has 2 aliphatic rings. The topological polar surface area (TPSA) is 18.5 Å². The van der Waals surface area contributed by atoms with Crippen molar-refractivity contribution in [2.45, 2.75) is 57.6 Å². The average molecular weight is 407 g/mol. The van der Waals surface area contributed by atoms with Gasteiger partial charge in [0.05, 0.1) is 6.10 Å². The zero-order valence-corrected chi connectivity index (χ0v) is 19.1. The normalized spacial score (nSPS) is 22.7. The molecule has 0 aromatic heterocycles. The third-order valence-corrected chi connectivity index (χ3v) is 11.6. The zero-order valence-electron chi connectivity index (χ0n) is 18.1. The highest BCUT2D eigenvalue weighted by Gasteiger charge is 2.50. The first-order valence-electron chi connectivity index (χ1n) is 11.1. The van der Waals surface area contributed by atoms with Crippen LogP contribution in [0.15, 0.2) is 72.3 Å². The lowest BCUT2D eigenvalue weighted by Crippen LogP contribution is -2.67. The van der Waals surface area contributed by atoms with Crippen molar-refractivity contribution in [3.63, 3.8) is 0 Å². The van der Waals surface area contributed by atoms with Gasteiger partial charge in [-0.15, -0.1) is 0 Å². The number of rotatable bonds is 5. The smallest absolute Gasteiger partial charge is 0.261 e. The fourth-order valence-corrected chi connectivity index (χ4v) is 9.81. The van der Waals surface area contributed by atoms with E-state index in [1.807, 2.05) is 0 Å². The summed E-state index contributed by atoms with van der Waals surface area (Å²) in [6.45, 7) is 8.71. The number of hydrogen-bond donors (Lipinski definition) is 0. The molecule has 0 amide bonds. The fraction of sp³-hybridized carbons (Fsp3) is 0.462. The molecule has 1 aliphatic heterocycles. The second-order valence-electron chi connectivity index (χ2n) is 9.49. The third-order valence-electron chi connectivity index (χ3n) is 6.58. The number of allylic oxidation sites excluding steroid dienone is 1. The van der Waals surface area contributed by atoms with Gasteiger partial charge in [0.1, 0.15) is 0 Å². The van der Waals surface area contributed by atoms with Crippen molar-refractivity contribution in [1.29, 1.82) is 0 Å². The van der Waals surface area contributed by atoms with E-state index in [4.69, 9.17) is 9.16 Å². The van der Waals surface area contributed by atoms with Gasteiger partial charge in [-0.05, 0) is 46.7 Å². The van der Waals surface area contributed by atoms with Gasteiger partial charge in [-0.2, -0.15) is 0 Å². The van der Waals surface area contributed by atoms with Crippen molar-refractivity contribution in [2.75, 3.05) is 13.2 Å². The van der Waals surface area contributed by atoms with Crippen molar-refractivity contribution in [3.8, 4) is 0 Å². The van der Waals surface area contributed by atoms with Crippen LogP contribution in [0.1, 0.15) is 46.5 Å². The Morgan fingerprint density at radius 1 is 0.966 bits per heavy atom. The van der Waals surface area contributed by atoms with Crippen LogP contribution in [0.25, 0.3) is 0 Å². The van der Waals surface area contributed by atoms with E-state index in [-0.39, 0.29) is 11.1 Å². The van der Waals surface area contributed by atoms with Crippen LogP contribution in [0.2, 0.25) is 5.04 Å². The molecule has 1 fully saturated rings. The van der Waals surface area contributed by atoms with Crippen LogP contribution in [0.3, 0.4) is 0 Å². The van der Waals surface area contributed by atoms with Crippen LogP contribution >= 0.6 is 0 Å². The van der Waals surface area contributed by atoms with Gasteiger partial charge < -0.3 is 9.16 Å². The lowest BCUT2D eigenvalue weighted by Gasteiger charge is -2.45. The summed E-state index contributed by atoms with van der Waals surface area (Å²) in [5.41, 5.74) is 1.51. The predicted molar refractivity (Wildman–Crippen MR) is 123 cm³/mol. The molecule has 0 radical (unpaired) electrons. The lowest BCUT2D eigenvalue weighted by molar-refractivity contribution is -0.00753. The van der Waals surface area contributed by atoms with Gasteiger partial charge in [0.15, 0.2) is 0 Å². The maximum absolute atomic E-state index is 7.19. The van der Waals surface area contributed by atoms with Gasteiger partial charge in [-0.25, -0.2) is 0 Å².